The number of furan rings is 1. The second-order valence-corrected chi connectivity index (χ2v) is 4.56. The number of benzene rings is 1. The molecule has 1 unspecified atom stereocenters. The molecule has 2 rings (SSSR count). The quantitative estimate of drug-likeness (QED) is 0.862. The van der Waals surface area contributed by atoms with E-state index >= 15 is 0 Å². The predicted octanol–water partition coefficient (Wildman–Crippen LogP) is 4.02. The summed E-state index contributed by atoms with van der Waals surface area (Å²) in [7, 11) is 0. The molecule has 1 atom stereocenters. The van der Waals surface area contributed by atoms with Gasteiger partial charge >= 0.3 is 0 Å². The molecular weight excluding hydrogens is 304 g/mol. The van der Waals surface area contributed by atoms with Crippen LogP contribution in [0, 0.1) is 11.6 Å². The van der Waals surface area contributed by atoms with Gasteiger partial charge in [-0.15, -0.1) is 0 Å². The Hall–Kier alpha value is -1.20. The van der Waals surface area contributed by atoms with Crippen LogP contribution in [0.5, 0.6) is 0 Å². The summed E-state index contributed by atoms with van der Waals surface area (Å²) < 4.78 is 32.1. The van der Waals surface area contributed by atoms with E-state index in [0.717, 1.165) is 6.07 Å². The molecule has 96 valence electrons. The van der Waals surface area contributed by atoms with Gasteiger partial charge in [0.15, 0.2) is 11.6 Å². The van der Waals surface area contributed by atoms with Crippen LogP contribution in [0.15, 0.2) is 39.4 Å². The lowest BCUT2D eigenvalue weighted by molar-refractivity contribution is 0.446. The Labute approximate surface area is 112 Å². The maximum Gasteiger partial charge on any atom is 0.173 e. The van der Waals surface area contributed by atoms with Gasteiger partial charge < -0.3 is 9.73 Å². The molecule has 0 bridgehead atoms. The zero-order chi connectivity index (χ0) is 13.1. The van der Waals surface area contributed by atoms with Crippen molar-refractivity contribution < 1.29 is 13.2 Å². The second kappa shape index (κ2) is 5.63. The molecule has 1 heterocycles. The fourth-order valence-electron chi connectivity index (χ4n) is 1.79. The number of hydrogen-bond acceptors (Lipinski definition) is 2. The largest absolute Gasteiger partial charge is 0.467 e. The van der Waals surface area contributed by atoms with Crippen molar-refractivity contribution in [2.24, 2.45) is 0 Å². The highest BCUT2D eigenvalue weighted by molar-refractivity contribution is 9.10. The molecule has 1 aromatic carbocycles. The molecule has 0 spiro atoms. The van der Waals surface area contributed by atoms with Crippen LogP contribution in [0.1, 0.15) is 24.3 Å². The third-order valence-electron chi connectivity index (χ3n) is 2.61. The van der Waals surface area contributed by atoms with E-state index in [-0.39, 0.29) is 10.5 Å². The summed E-state index contributed by atoms with van der Waals surface area (Å²) in [6.45, 7) is 2.61. The molecule has 1 N–H and O–H groups in total. The lowest BCUT2D eigenvalue weighted by Crippen LogP contribution is -2.22. The summed E-state index contributed by atoms with van der Waals surface area (Å²) in [6, 6.07) is 5.89. The maximum absolute atomic E-state index is 13.6. The molecule has 0 aliphatic heterocycles. The SMILES string of the molecule is CCNC(c1ccco1)c1ccc(F)c(F)c1Br. The summed E-state index contributed by atoms with van der Waals surface area (Å²) in [5.74, 6) is -1.11. The first kappa shape index (κ1) is 13.2. The minimum absolute atomic E-state index is 0.116. The molecule has 0 radical (unpaired) electrons. The second-order valence-electron chi connectivity index (χ2n) is 3.77. The minimum atomic E-state index is -0.887. The van der Waals surface area contributed by atoms with Gasteiger partial charge in [0.2, 0.25) is 0 Å². The van der Waals surface area contributed by atoms with Crippen molar-refractivity contribution in [2.75, 3.05) is 6.54 Å². The van der Waals surface area contributed by atoms with Gasteiger partial charge in [0, 0.05) is 0 Å². The molecule has 0 saturated heterocycles. The average molecular weight is 316 g/mol. The van der Waals surface area contributed by atoms with Crippen LogP contribution in [0.3, 0.4) is 0 Å². The van der Waals surface area contributed by atoms with Crippen LogP contribution in [0.4, 0.5) is 8.78 Å². The van der Waals surface area contributed by atoms with Crippen LogP contribution in [-0.2, 0) is 0 Å². The summed E-state index contributed by atoms with van der Waals surface area (Å²) in [6.07, 6.45) is 1.55. The monoisotopic (exact) mass is 315 g/mol. The zero-order valence-electron chi connectivity index (χ0n) is 9.71. The van der Waals surface area contributed by atoms with Gasteiger partial charge in [0.25, 0.3) is 0 Å². The van der Waals surface area contributed by atoms with Gasteiger partial charge in [-0.1, -0.05) is 13.0 Å². The van der Waals surface area contributed by atoms with Crippen LogP contribution in [0.2, 0.25) is 0 Å². The van der Waals surface area contributed by atoms with E-state index in [9.17, 15) is 8.78 Å². The predicted molar refractivity (Wildman–Crippen MR) is 68.3 cm³/mol. The Kier molecular flexibility index (Phi) is 4.14. The number of rotatable bonds is 4. The molecule has 0 aliphatic rings. The molecule has 0 saturated carbocycles. The molecule has 0 fully saturated rings. The first-order chi connectivity index (χ1) is 8.65. The average Bonchev–Trinajstić information content (AvgIpc) is 2.88. The normalized spacial score (nSPS) is 12.7. The van der Waals surface area contributed by atoms with E-state index in [1.807, 2.05) is 6.92 Å². The Bertz CT molecular complexity index is 528. The topological polar surface area (TPSA) is 25.2 Å². The highest BCUT2D eigenvalue weighted by Gasteiger charge is 2.21. The summed E-state index contributed by atoms with van der Waals surface area (Å²) in [4.78, 5) is 0. The zero-order valence-corrected chi connectivity index (χ0v) is 11.3. The molecule has 18 heavy (non-hydrogen) atoms. The standard InChI is InChI=1S/C13H12BrF2NO/c1-2-17-13(10-4-3-7-18-10)8-5-6-9(15)12(16)11(8)14/h3-7,13,17H,2H2,1H3. The summed E-state index contributed by atoms with van der Waals surface area (Å²) in [5.41, 5.74) is 0.603. The number of halogens is 3. The lowest BCUT2D eigenvalue weighted by atomic mass is 10.0. The minimum Gasteiger partial charge on any atom is -0.467 e. The van der Waals surface area contributed by atoms with E-state index in [0.29, 0.717) is 17.9 Å². The highest BCUT2D eigenvalue weighted by Crippen LogP contribution is 2.31. The first-order valence-corrected chi connectivity index (χ1v) is 6.34. The van der Waals surface area contributed by atoms with Crippen molar-refractivity contribution in [1.82, 2.24) is 5.32 Å². The van der Waals surface area contributed by atoms with Crippen LogP contribution >= 0.6 is 15.9 Å². The Morgan fingerprint density at radius 3 is 2.72 bits per heavy atom. The van der Waals surface area contributed by atoms with E-state index in [2.05, 4.69) is 21.2 Å². The molecule has 0 amide bonds. The van der Waals surface area contributed by atoms with Crippen LogP contribution < -0.4 is 5.32 Å². The third kappa shape index (κ3) is 2.47. The van der Waals surface area contributed by atoms with Gasteiger partial charge in [-0.3, -0.25) is 0 Å². The third-order valence-corrected chi connectivity index (χ3v) is 3.42. The fourth-order valence-corrected chi connectivity index (χ4v) is 2.34. The van der Waals surface area contributed by atoms with Crippen molar-refractivity contribution in [3.8, 4) is 0 Å². The van der Waals surface area contributed by atoms with Gasteiger partial charge in [-0.25, -0.2) is 8.78 Å². The van der Waals surface area contributed by atoms with Gasteiger partial charge in [0.1, 0.15) is 5.76 Å². The molecular formula is C13H12BrF2NO. The van der Waals surface area contributed by atoms with Gasteiger partial charge in [-0.2, -0.15) is 0 Å². The number of nitrogens with one attached hydrogen (secondary N) is 1. The molecule has 2 nitrogen and oxygen atoms in total. The van der Waals surface area contributed by atoms with Gasteiger partial charge in [0.05, 0.1) is 16.8 Å². The molecule has 0 aliphatic carbocycles. The lowest BCUT2D eigenvalue weighted by Gasteiger charge is -2.18. The summed E-state index contributed by atoms with van der Waals surface area (Å²) >= 11 is 3.09. The van der Waals surface area contributed by atoms with E-state index < -0.39 is 11.6 Å². The van der Waals surface area contributed by atoms with Crippen LogP contribution in [0.25, 0.3) is 0 Å². The van der Waals surface area contributed by atoms with Crippen molar-refractivity contribution in [3.63, 3.8) is 0 Å². The number of hydrogen-bond donors (Lipinski definition) is 1. The highest BCUT2D eigenvalue weighted by atomic mass is 79.9. The van der Waals surface area contributed by atoms with E-state index in [4.69, 9.17) is 4.42 Å². The molecule has 1 aromatic heterocycles. The van der Waals surface area contributed by atoms with Crippen molar-refractivity contribution in [3.05, 3.63) is 58.0 Å². The molecule has 5 heteroatoms. The van der Waals surface area contributed by atoms with Crippen molar-refractivity contribution in [1.29, 1.82) is 0 Å². The van der Waals surface area contributed by atoms with Crippen molar-refractivity contribution in [2.45, 2.75) is 13.0 Å². The van der Waals surface area contributed by atoms with Crippen LogP contribution in [-0.4, -0.2) is 6.54 Å². The summed E-state index contributed by atoms with van der Waals surface area (Å²) in [5, 5.41) is 3.18. The van der Waals surface area contributed by atoms with Crippen molar-refractivity contribution >= 4 is 15.9 Å². The molecule has 2 aromatic rings. The maximum atomic E-state index is 13.6. The Balaban J connectivity index is 2.47. The first-order valence-electron chi connectivity index (χ1n) is 5.55. The fraction of sp³-hybridized carbons (Fsp3) is 0.231. The Morgan fingerprint density at radius 1 is 1.33 bits per heavy atom. The smallest absolute Gasteiger partial charge is 0.173 e. The Morgan fingerprint density at radius 2 is 2.11 bits per heavy atom. The van der Waals surface area contributed by atoms with E-state index in [1.54, 1.807) is 24.5 Å². The van der Waals surface area contributed by atoms with Gasteiger partial charge in [-0.05, 0) is 46.2 Å². The van der Waals surface area contributed by atoms with E-state index in [1.165, 1.54) is 0 Å².